The molecular formula is C19H13ClN4O3S2. The summed E-state index contributed by atoms with van der Waals surface area (Å²) < 4.78 is 35.9. The third-order valence-corrected chi connectivity index (χ3v) is 6.17. The van der Waals surface area contributed by atoms with Crippen molar-refractivity contribution in [3.8, 4) is 0 Å². The van der Waals surface area contributed by atoms with E-state index in [0.29, 0.717) is 21.7 Å². The molecule has 0 spiro atoms. The highest BCUT2D eigenvalue weighted by atomic mass is 35.5. The topological polar surface area (TPSA) is 101 Å². The van der Waals surface area contributed by atoms with Gasteiger partial charge in [0.25, 0.3) is 15.9 Å². The molecule has 0 unspecified atom stereocenters. The fraction of sp³-hybridized carbons (Fsp3) is 0. The number of sulfonamides is 1. The maximum Gasteiger partial charge on any atom is 0.261 e. The number of halogens is 1. The molecule has 29 heavy (non-hydrogen) atoms. The van der Waals surface area contributed by atoms with Crippen molar-refractivity contribution in [2.75, 3.05) is 10.0 Å². The Labute approximate surface area is 175 Å². The van der Waals surface area contributed by atoms with Gasteiger partial charge in [0.1, 0.15) is 11.0 Å². The maximum absolute atomic E-state index is 12.7. The largest absolute Gasteiger partial charge is 0.320 e. The number of amides is 1. The second kappa shape index (κ2) is 7.78. The molecule has 0 radical (unpaired) electrons. The van der Waals surface area contributed by atoms with Gasteiger partial charge in [-0.05, 0) is 48.5 Å². The lowest BCUT2D eigenvalue weighted by Gasteiger charge is -2.10. The standard InChI is InChI=1S/C19H13ClN4O3S2/c20-13-5-2-7-15(11-13)29(26,27)24-14-6-1-4-12(10-14)19(25)21-16-8-3-9-17-18(16)23-28-22-17/h1-11,24H,(H,21,25). The van der Waals surface area contributed by atoms with Crippen LogP contribution in [0.2, 0.25) is 5.02 Å². The van der Waals surface area contributed by atoms with Crippen molar-refractivity contribution < 1.29 is 13.2 Å². The minimum Gasteiger partial charge on any atom is -0.320 e. The summed E-state index contributed by atoms with van der Waals surface area (Å²) in [7, 11) is -3.84. The van der Waals surface area contributed by atoms with Gasteiger partial charge >= 0.3 is 0 Å². The van der Waals surface area contributed by atoms with Crippen LogP contribution < -0.4 is 10.0 Å². The van der Waals surface area contributed by atoms with Crippen LogP contribution in [-0.2, 0) is 10.0 Å². The smallest absolute Gasteiger partial charge is 0.261 e. The highest BCUT2D eigenvalue weighted by Crippen LogP contribution is 2.23. The lowest BCUT2D eigenvalue weighted by molar-refractivity contribution is 0.102. The van der Waals surface area contributed by atoms with Gasteiger partial charge < -0.3 is 5.32 Å². The fourth-order valence-corrected chi connectivity index (χ4v) is 4.57. The molecule has 1 amide bonds. The van der Waals surface area contributed by atoms with E-state index in [4.69, 9.17) is 11.6 Å². The number of rotatable bonds is 5. The number of carbonyl (C=O) groups excluding carboxylic acids is 1. The fourth-order valence-electron chi connectivity index (χ4n) is 2.67. The first-order chi connectivity index (χ1) is 13.9. The molecule has 0 aliphatic rings. The number of hydrogen-bond donors (Lipinski definition) is 2. The SMILES string of the molecule is O=C(Nc1cccc2nsnc12)c1cccc(NS(=O)(=O)c2cccc(Cl)c2)c1. The summed E-state index contributed by atoms with van der Waals surface area (Å²) in [5, 5.41) is 3.10. The third-order valence-electron chi connectivity index (χ3n) is 4.02. The molecule has 3 aromatic carbocycles. The van der Waals surface area contributed by atoms with Crippen molar-refractivity contribution in [1.82, 2.24) is 8.75 Å². The molecule has 0 fully saturated rings. The monoisotopic (exact) mass is 444 g/mol. The van der Waals surface area contributed by atoms with Crippen LogP contribution in [-0.4, -0.2) is 23.1 Å². The van der Waals surface area contributed by atoms with Crippen molar-refractivity contribution in [2.24, 2.45) is 0 Å². The molecule has 0 saturated carbocycles. The molecule has 4 rings (SSSR count). The van der Waals surface area contributed by atoms with Gasteiger partial charge in [0.05, 0.1) is 22.3 Å². The molecule has 0 aliphatic carbocycles. The summed E-state index contributed by atoms with van der Waals surface area (Å²) in [6.07, 6.45) is 0. The molecule has 10 heteroatoms. The normalized spacial score (nSPS) is 11.3. The second-order valence-electron chi connectivity index (χ2n) is 6.04. The predicted octanol–water partition coefficient (Wildman–Crippen LogP) is 4.40. The Morgan fingerprint density at radius 3 is 2.59 bits per heavy atom. The van der Waals surface area contributed by atoms with Crippen LogP contribution in [0.5, 0.6) is 0 Å². The molecule has 0 aliphatic heterocycles. The zero-order valence-corrected chi connectivity index (χ0v) is 17.1. The highest BCUT2D eigenvalue weighted by molar-refractivity contribution is 7.92. The van der Waals surface area contributed by atoms with E-state index in [1.54, 1.807) is 48.5 Å². The van der Waals surface area contributed by atoms with Gasteiger partial charge in [0.2, 0.25) is 0 Å². The van der Waals surface area contributed by atoms with E-state index in [1.165, 1.54) is 18.2 Å². The number of hydrogen-bond acceptors (Lipinski definition) is 6. The second-order valence-corrected chi connectivity index (χ2v) is 8.68. The van der Waals surface area contributed by atoms with Gasteiger partial charge in [-0.2, -0.15) is 8.75 Å². The van der Waals surface area contributed by atoms with Crippen LogP contribution in [0.3, 0.4) is 0 Å². The lowest BCUT2D eigenvalue weighted by atomic mass is 10.2. The van der Waals surface area contributed by atoms with Crippen LogP contribution in [0.1, 0.15) is 10.4 Å². The summed E-state index contributed by atoms with van der Waals surface area (Å²) in [5.74, 6) is -0.394. The molecule has 0 atom stereocenters. The number of nitrogens with one attached hydrogen (secondary N) is 2. The Balaban J connectivity index is 1.57. The Morgan fingerprint density at radius 1 is 0.966 bits per heavy atom. The first-order valence-electron chi connectivity index (χ1n) is 8.33. The molecule has 2 N–H and O–H groups in total. The van der Waals surface area contributed by atoms with Crippen LogP contribution >= 0.6 is 23.3 Å². The average Bonchev–Trinajstić information content (AvgIpc) is 3.18. The van der Waals surface area contributed by atoms with Gasteiger partial charge in [-0.1, -0.05) is 29.8 Å². The summed E-state index contributed by atoms with van der Waals surface area (Å²) in [6, 6.07) is 17.4. The highest BCUT2D eigenvalue weighted by Gasteiger charge is 2.16. The Kier molecular flexibility index (Phi) is 5.18. The Bertz CT molecular complexity index is 1320. The zero-order chi connectivity index (χ0) is 20.4. The molecule has 4 aromatic rings. The molecule has 1 aromatic heterocycles. The number of anilines is 2. The molecule has 146 valence electrons. The van der Waals surface area contributed by atoms with E-state index in [2.05, 4.69) is 18.8 Å². The quantitative estimate of drug-likeness (QED) is 0.475. The summed E-state index contributed by atoms with van der Waals surface area (Å²) >= 11 is 6.94. The number of carbonyl (C=O) groups is 1. The maximum atomic E-state index is 12.7. The Morgan fingerprint density at radius 2 is 1.76 bits per heavy atom. The Hall–Kier alpha value is -3.01. The molecular weight excluding hydrogens is 432 g/mol. The first-order valence-corrected chi connectivity index (χ1v) is 10.9. The molecule has 0 bridgehead atoms. The van der Waals surface area contributed by atoms with E-state index in [-0.39, 0.29) is 16.1 Å². The number of benzene rings is 3. The van der Waals surface area contributed by atoms with Crippen molar-refractivity contribution in [3.05, 3.63) is 77.3 Å². The van der Waals surface area contributed by atoms with Gasteiger partial charge in [0.15, 0.2) is 0 Å². The van der Waals surface area contributed by atoms with Gasteiger partial charge in [-0.3, -0.25) is 9.52 Å². The van der Waals surface area contributed by atoms with E-state index in [0.717, 1.165) is 11.7 Å². The summed E-state index contributed by atoms with van der Waals surface area (Å²) in [4.78, 5) is 12.7. The van der Waals surface area contributed by atoms with E-state index in [1.807, 2.05) is 0 Å². The van der Waals surface area contributed by atoms with Crippen molar-refractivity contribution in [1.29, 1.82) is 0 Å². The first kappa shape index (κ1) is 19.3. The molecule has 1 heterocycles. The van der Waals surface area contributed by atoms with E-state index >= 15 is 0 Å². The van der Waals surface area contributed by atoms with Crippen LogP contribution in [0.15, 0.2) is 71.6 Å². The minimum atomic E-state index is -3.84. The van der Waals surface area contributed by atoms with Crippen molar-refractivity contribution >= 4 is 61.7 Å². The van der Waals surface area contributed by atoms with Crippen LogP contribution in [0, 0.1) is 0 Å². The number of fused-ring (bicyclic) bond motifs is 1. The van der Waals surface area contributed by atoms with Crippen LogP contribution in [0.25, 0.3) is 11.0 Å². The minimum absolute atomic E-state index is 0.0302. The van der Waals surface area contributed by atoms with Gasteiger partial charge in [-0.15, -0.1) is 0 Å². The van der Waals surface area contributed by atoms with Gasteiger partial charge in [-0.25, -0.2) is 8.42 Å². The third kappa shape index (κ3) is 4.21. The van der Waals surface area contributed by atoms with Gasteiger partial charge in [0, 0.05) is 16.3 Å². The average molecular weight is 445 g/mol. The summed E-state index contributed by atoms with van der Waals surface area (Å²) in [6.45, 7) is 0. The van der Waals surface area contributed by atoms with E-state index in [9.17, 15) is 13.2 Å². The lowest BCUT2D eigenvalue weighted by Crippen LogP contribution is -2.15. The predicted molar refractivity (Wildman–Crippen MR) is 114 cm³/mol. The molecule has 7 nitrogen and oxygen atoms in total. The number of nitrogens with zero attached hydrogens (tertiary/aromatic N) is 2. The van der Waals surface area contributed by atoms with E-state index < -0.39 is 15.9 Å². The number of aromatic nitrogens is 2. The van der Waals surface area contributed by atoms with Crippen LogP contribution in [0.4, 0.5) is 11.4 Å². The summed E-state index contributed by atoms with van der Waals surface area (Å²) in [5.41, 5.74) is 2.37. The van der Waals surface area contributed by atoms with Crippen molar-refractivity contribution in [2.45, 2.75) is 4.90 Å². The van der Waals surface area contributed by atoms with Crippen molar-refractivity contribution in [3.63, 3.8) is 0 Å². The molecule has 0 saturated heterocycles. The zero-order valence-electron chi connectivity index (χ0n) is 14.7.